The predicted octanol–water partition coefficient (Wildman–Crippen LogP) is 3.36. The van der Waals surface area contributed by atoms with Crippen molar-refractivity contribution in [2.75, 3.05) is 0 Å². The number of hydrogen-bond acceptors (Lipinski definition) is 1. The van der Waals surface area contributed by atoms with Crippen LogP contribution in [0, 0.1) is 6.92 Å². The first-order chi connectivity index (χ1) is 4.91. The van der Waals surface area contributed by atoms with Crippen molar-refractivity contribution in [2.45, 2.75) is 26.6 Å². The second kappa shape index (κ2) is 3.03. The van der Waals surface area contributed by atoms with Crippen LogP contribution in [0.25, 0.3) is 0 Å². The third-order valence-electron chi connectivity index (χ3n) is 1.60. The molecule has 1 rings (SSSR count). The standard InChI is InChI=1S/C8H13BrSSi/c1-6-5-7(10-8(6)9)11(2,3)4/h5H,1-4H3. The second-order valence-electron chi connectivity index (χ2n) is 3.82. The first-order valence-electron chi connectivity index (χ1n) is 3.67. The van der Waals surface area contributed by atoms with Crippen LogP contribution in [-0.2, 0) is 0 Å². The summed E-state index contributed by atoms with van der Waals surface area (Å²) in [4.78, 5) is 0. The molecular formula is C8H13BrSSi. The molecule has 0 atom stereocenters. The van der Waals surface area contributed by atoms with Gasteiger partial charge >= 0.3 is 0 Å². The van der Waals surface area contributed by atoms with E-state index in [9.17, 15) is 0 Å². The average molecular weight is 249 g/mol. The van der Waals surface area contributed by atoms with E-state index in [0.717, 1.165) is 0 Å². The van der Waals surface area contributed by atoms with E-state index < -0.39 is 8.07 Å². The lowest BCUT2D eigenvalue weighted by molar-refractivity contribution is 1.53. The van der Waals surface area contributed by atoms with Crippen molar-refractivity contribution in [2.24, 2.45) is 0 Å². The Balaban J connectivity index is 3.08. The molecular weight excluding hydrogens is 236 g/mol. The largest absolute Gasteiger partial charge is 0.138 e. The molecule has 0 aliphatic rings. The molecule has 0 N–H and O–H groups in total. The topological polar surface area (TPSA) is 0 Å². The number of rotatable bonds is 1. The average Bonchev–Trinajstić information content (AvgIpc) is 2.11. The minimum Gasteiger partial charge on any atom is -0.138 e. The maximum absolute atomic E-state index is 3.55. The zero-order valence-electron chi connectivity index (χ0n) is 7.36. The SMILES string of the molecule is Cc1cc([Si](C)(C)C)sc1Br. The molecule has 0 bridgehead atoms. The molecule has 0 saturated carbocycles. The lowest BCUT2D eigenvalue weighted by Crippen LogP contribution is -2.34. The highest BCUT2D eigenvalue weighted by molar-refractivity contribution is 9.11. The van der Waals surface area contributed by atoms with Gasteiger partial charge in [-0.25, -0.2) is 0 Å². The maximum atomic E-state index is 3.55. The fraction of sp³-hybridized carbons (Fsp3) is 0.500. The van der Waals surface area contributed by atoms with Crippen molar-refractivity contribution in [3.8, 4) is 0 Å². The Kier molecular flexibility index (Phi) is 2.62. The molecule has 0 saturated heterocycles. The Labute approximate surface area is 81.8 Å². The van der Waals surface area contributed by atoms with Crippen LogP contribution < -0.4 is 4.50 Å². The Bertz CT molecular complexity index is 240. The van der Waals surface area contributed by atoms with E-state index in [0.29, 0.717) is 0 Å². The summed E-state index contributed by atoms with van der Waals surface area (Å²) in [5.74, 6) is 0. The summed E-state index contributed by atoms with van der Waals surface area (Å²) >= 11 is 5.45. The van der Waals surface area contributed by atoms with E-state index in [1.807, 2.05) is 11.3 Å². The Hall–Kier alpha value is 0.397. The molecule has 0 aromatic carbocycles. The van der Waals surface area contributed by atoms with Crippen LogP contribution in [0.15, 0.2) is 9.85 Å². The molecule has 62 valence electrons. The van der Waals surface area contributed by atoms with E-state index in [1.165, 1.54) is 9.35 Å². The van der Waals surface area contributed by atoms with Crippen LogP contribution in [0.1, 0.15) is 5.56 Å². The van der Waals surface area contributed by atoms with Gasteiger partial charge in [0.1, 0.15) is 0 Å². The van der Waals surface area contributed by atoms with Gasteiger partial charge in [0, 0.05) is 0 Å². The van der Waals surface area contributed by atoms with Crippen LogP contribution in [-0.4, -0.2) is 8.07 Å². The van der Waals surface area contributed by atoms with E-state index >= 15 is 0 Å². The molecule has 0 unspecified atom stereocenters. The van der Waals surface area contributed by atoms with Crippen molar-refractivity contribution in [1.29, 1.82) is 0 Å². The number of halogens is 1. The molecule has 0 radical (unpaired) electrons. The van der Waals surface area contributed by atoms with Gasteiger partial charge in [-0.05, 0) is 39.0 Å². The van der Waals surface area contributed by atoms with Crippen molar-refractivity contribution in [1.82, 2.24) is 0 Å². The quantitative estimate of drug-likeness (QED) is 0.669. The van der Waals surface area contributed by atoms with Crippen LogP contribution in [0.4, 0.5) is 0 Å². The van der Waals surface area contributed by atoms with Gasteiger partial charge in [-0.1, -0.05) is 19.6 Å². The number of hydrogen-bond donors (Lipinski definition) is 0. The molecule has 1 aromatic heterocycles. The van der Waals surface area contributed by atoms with Crippen molar-refractivity contribution in [3.63, 3.8) is 0 Å². The highest BCUT2D eigenvalue weighted by Gasteiger charge is 2.19. The monoisotopic (exact) mass is 248 g/mol. The molecule has 3 heteroatoms. The minimum atomic E-state index is -1.06. The van der Waals surface area contributed by atoms with Crippen LogP contribution in [0.2, 0.25) is 19.6 Å². The summed E-state index contributed by atoms with van der Waals surface area (Å²) in [6, 6.07) is 2.32. The third kappa shape index (κ3) is 2.17. The molecule has 1 heterocycles. The molecule has 1 aromatic rings. The molecule has 0 nitrogen and oxygen atoms in total. The van der Waals surface area contributed by atoms with Crippen molar-refractivity contribution >= 4 is 39.8 Å². The predicted molar refractivity (Wildman–Crippen MR) is 59.7 cm³/mol. The van der Waals surface area contributed by atoms with Gasteiger partial charge in [-0.2, -0.15) is 0 Å². The summed E-state index contributed by atoms with van der Waals surface area (Å²) in [7, 11) is -1.06. The van der Waals surface area contributed by atoms with Gasteiger partial charge < -0.3 is 0 Å². The van der Waals surface area contributed by atoms with E-state index in [-0.39, 0.29) is 0 Å². The number of thiophene rings is 1. The van der Waals surface area contributed by atoms with Gasteiger partial charge in [0.2, 0.25) is 0 Å². The number of aryl methyl sites for hydroxylation is 1. The summed E-state index contributed by atoms with van der Waals surface area (Å²) in [6.07, 6.45) is 0. The lowest BCUT2D eigenvalue weighted by Gasteiger charge is -2.11. The summed E-state index contributed by atoms with van der Waals surface area (Å²) in [5.41, 5.74) is 1.38. The van der Waals surface area contributed by atoms with Crippen LogP contribution in [0.3, 0.4) is 0 Å². The fourth-order valence-electron chi connectivity index (χ4n) is 0.829. The highest BCUT2D eigenvalue weighted by Crippen LogP contribution is 2.23. The Morgan fingerprint density at radius 3 is 2.09 bits per heavy atom. The molecule has 0 aliphatic heterocycles. The lowest BCUT2D eigenvalue weighted by atomic mass is 10.4. The van der Waals surface area contributed by atoms with Gasteiger partial charge in [-0.3, -0.25) is 0 Å². The van der Waals surface area contributed by atoms with Crippen molar-refractivity contribution in [3.05, 3.63) is 15.4 Å². The molecule has 11 heavy (non-hydrogen) atoms. The third-order valence-corrected chi connectivity index (χ3v) is 7.31. The van der Waals surface area contributed by atoms with Crippen LogP contribution in [0.5, 0.6) is 0 Å². The Morgan fingerprint density at radius 2 is 1.91 bits per heavy atom. The first kappa shape index (κ1) is 9.48. The minimum absolute atomic E-state index is 1.06. The molecule has 0 amide bonds. The Morgan fingerprint density at radius 1 is 1.36 bits per heavy atom. The van der Waals surface area contributed by atoms with Gasteiger partial charge in [-0.15, -0.1) is 11.3 Å². The van der Waals surface area contributed by atoms with E-state index in [2.05, 4.69) is 48.6 Å². The van der Waals surface area contributed by atoms with Gasteiger partial charge in [0.25, 0.3) is 0 Å². The maximum Gasteiger partial charge on any atom is 0.0904 e. The zero-order chi connectivity index (χ0) is 8.65. The van der Waals surface area contributed by atoms with Crippen molar-refractivity contribution < 1.29 is 0 Å². The molecule has 0 aliphatic carbocycles. The van der Waals surface area contributed by atoms with E-state index in [4.69, 9.17) is 0 Å². The van der Waals surface area contributed by atoms with E-state index in [1.54, 1.807) is 4.50 Å². The smallest absolute Gasteiger partial charge is 0.0904 e. The first-order valence-corrected chi connectivity index (χ1v) is 8.78. The summed E-state index contributed by atoms with van der Waals surface area (Å²) < 4.78 is 2.89. The highest BCUT2D eigenvalue weighted by atomic mass is 79.9. The van der Waals surface area contributed by atoms with Gasteiger partial charge in [0.05, 0.1) is 11.9 Å². The van der Waals surface area contributed by atoms with Gasteiger partial charge in [0.15, 0.2) is 0 Å². The fourth-order valence-corrected chi connectivity index (χ4v) is 4.74. The van der Waals surface area contributed by atoms with Crippen LogP contribution >= 0.6 is 27.3 Å². The zero-order valence-corrected chi connectivity index (χ0v) is 10.8. The summed E-state index contributed by atoms with van der Waals surface area (Å²) in [5, 5.41) is 0. The summed E-state index contributed by atoms with van der Waals surface area (Å²) in [6.45, 7) is 9.30. The molecule has 0 spiro atoms. The molecule has 0 fully saturated rings. The normalized spacial score (nSPS) is 12.1. The second-order valence-corrected chi connectivity index (χ2v) is 11.6.